The van der Waals surface area contributed by atoms with Crippen LogP contribution in [0.15, 0.2) is 0 Å². The van der Waals surface area contributed by atoms with Crippen molar-refractivity contribution in [1.82, 2.24) is 14.9 Å². The quantitative estimate of drug-likeness (QED) is 0.611. The molecular weight excluding hydrogens is 292 g/mol. The second-order valence-corrected chi connectivity index (χ2v) is 5.43. The number of hydrogen-bond donors (Lipinski definition) is 1. The van der Waals surface area contributed by atoms with E-state index in [2.05, 4.69) is 20.2 Å². The Balaban J connectivity index is 1.77. The lowest BCUT2D eigenvalue weighted by atomic mass is 10.2. The van der Waals surface area contributed by atoms with Crippen LogP contribution in [0, 0.1) is 6.92 Å². The van der Waals surface area contributed by atoms with Crippen LogP contribution in [-0.2, 0) is 16.1 Å². The Morgan fingerprint density at radius 2 is 2.10 bits per heavy atom. The molecule has 1 aromatic heterocycles. The molecule has 118 valence electrons. The Morgan fingerprint density at radius 1 is 1.33 bits per heavy atom. The van der Waals surface area contributed by atoms with Crippen molar-refractivity contribution < 1.29 is 9.47 Å². The average Bonchev–Trinajstić information content (AvgIpc) is 2.48. The maximum Gasteiger partial charge on any atom is 0.224 e. The molecule has 7 heteroatoms. The zero-order valence-electron chi connectivity index (χ0n) is 12.7. The van der Waals surface area contributed by atoms with E-state index in [1.165, 1.54) is 0 Å². The smallest absolute Gasteiger partial charge is 0.224 e. The third kappa shape index (κ3) is 5.07. The van der Waals surface area contributed by atoms with Crippen molar-refractivity contribution >= 4 is 17.5 Å². The summed E-state index contributed by atoms with van der Waals surface area (Å²) in [6.45, 7) is 7.96. The highest BCUT2D eigenvalue weighted by Crippen LogP contribution is 2.19. The number of morpholine rings is 1. The molecule has 21 heavy (non-hydrogen) atoms. The Hall–Kier alpha value is -0.950. The summed E-state index contributed by atoms with van der Waals surface area (Å²) in [5.74, 6) is 0.583. The number of halogens is 1. The van der Waals surface area contributed by atoms with Crippen molar-refractivity contribution in [3.8, 4) is 0 Å². The van der Waals surface area contributed by atoms with Crippen LogP contribution in [0.3, 0.4) is 0 Å². The molecule has 1 aromatic rings. The summed E-state index contributed by atoms with van der Waals surface area (Å²) in [5.41, 5.74) is 1.70. The lowest BCUT2D eigenvalue weighted by Crippen LogP contribution is -2.37. The van der Waals surface area contributed by atoms with E-state index in [0.717, 1.165) is 57.1 Å². The summed E-state index contributed by atoms with van der Waals surface area (Å²) in [5, 5.41) is 3.69. The molecule has 6 nitrogen and oxygen atoms in total. The molecule has 0 amide bonds. The van der Waals surface area contributed by atoms with Gasteiger partial charge in [0.05, 0.1) is 19.8 Å². The summed E-state index contributed by atoms with van der Waals surface area (Å²) in [6, 6.07) is 0. The molecule has 2 heterocycles. The van der Waals surface area contributed by atoms with Crippen LogP contribution in [0.2, 0.25) is 5.15 Å². The largest absolute Gasteiger partial charge is 0.380 e. The normalized spacial score (nSPS) is 16.1. The second-order valence-electron chi connectivity index (χ2n) is 5.07. The molecule has 0 aliphatic carbocycles. The van der Waals surface area contributed by atoms with Crippen LogP contribution in [0.1, 0.15) is 17.7 Å². The van der Waals surface area contributed by atoms with Crippen molar-refractivity contribution in [2.24, 2.45) is 0 Å². The molecule has 1 fully saturated rings. The van der Waals surface area contributed by atoms with Crippen LogP contribution < -0.4 is 5.32 Å². The first kappa shape index (κ1) is 16.4. The molecule has 0 radical (unpaired) electrons. The summed E-state index contributed by atoms with van der Waals surface area (Å²) in [7, 11) is 1.63. The van der Waals surface area contributed by atoms with Crippen molar-refractivity contribution in [3.05, 3.63) is 16.4 Å². The summed E-state index contributed by atoms with van der Waals surface area (Å²) >= 11 is 6.15. The molecule has 0 saturated carbocycles. The van der Waals surface area contributed by atoms with Gasteiger partial charge in [-0.1, -0.05) is 11.6 Å². The predicted molar refractivity (Wildman–Crippen MR) is 82.9 cm³/mol. The van der Waals surface area contributed by atoms with Gasteiger partial charge in [0.2, 0.25) is 5.95 Å². The number of methoxy groups -OCH3 is 1. The summed E-state index contributed by atoms with van der Waals surface area (Å²) in [6.07, 6.45) is 1.04. The number of hydrogen-bond acceptors (Lipinski definition) is 6. The lowest BCUT2D eigenvalue weighted by Gasteiger charge is -2.26. The maximum atomic E-state index is 6.15. The Bertz CT molecular complexity index is 430. The number of anilines is 1. The molecular formula is C14H23ClN4O2. The van der Waals surface area contributed by atoms with E-state index >= 15 is 0 Å². The third-order valence-corrected chi connectivity index (χ3v) is 3.80. The first-order chi connectivity index (χ1) is 10.2. The van der Waals surface area contributed by atoms with Crippen LogP contribution in [0.25, 0.3) is 0 Å². The number of aryl methyl sites for hydroxylation is 1. The van der Waals surface area contributed by atoms with Crippen LogP contribution in [0.4, 0.5) is 5.95 Å². The van der Waals surface area contributed by atoms with Crippen molar-refractivity contribution in [1.29, 1.82) is 0 Å². The van der Waals surface area contributed by atoms with Crippen LogP contribution >= 0.6 is 11.6 Å². The molecule has 1 N–H and O–H groups in total. The highest BCUT2D eigenvalue weighted by molar-refractivity contribution is 6.30. The zero-order valence-corrected chi connectivity index (χ0v) is 13.4. The van der Waals surface area contributed by atoms with E-state index in [-0.39, 0.29) is 0 Å². The van der Waals surface area contributed by atoms with Gasteiger partial charge in [0.15, 0.2) is 0 Å². The van der Waals surface area contributed by atoms with E-state index in [1.54, 1.807) is 7.11 Å². The predicted octanol–water partition coefficient (Wildman–Crippen LogP) is 1.72. The van der Waals surface area contributed by atoms with Crippen LogP contribution in [-0.4, -0.2) is 61.4 Å². The minimum atomic E-state index is 0.433. The number of rotatable bonds is 7. The average molecular weight is 315 g/mol. The number of ether oxygens (including phenoxy) is 2. The van der Waals surface area contributed by atoms with Gasteiger partial charge >= 0.3 is 0 Å². The van der Waals surface area contributed by atoms with Gasteiger partial charge in [-0.25, -0.2) is 9.97 Å². The van der Waals surface area contributed by atoms with E-state index in [0.29, 0.717) is 17.7 Å². The summed E-state index contributed by atoms with van der Waals surface area (Å²) < 4.78 is 10.4. The molecule has 0 aromatic carbocycles. The lowest BCUT2D eigenvalue weighted by molar-refractivity contribution is 0.0378. The monoisotopic (exact) mass is 314 g/mol. The van der Waals surface area contributed by atoms with Gasteiger partial charge in [0, 0.05) is 38.0 Å². The van der Waals surface area contributed by atoms with Gasteiger partial charge in [0.25, 0.3) is 0 Å². The SMILES string of the molecule is COCc1c(C)nc(NCCCN2CCOCC2)nc1Cl. The zero-order chi connectivity index (χ0) is 15.1. The fourth-order valence-electron chi connectivity index (χ4n) is 2.28. The van der Waals surface area contributed by atoms with Gasteiger partial charge in [-0.2, -0.15) is 0 Å². The molecule has 0 atom stereocenters. The maximum absolute atomic E-state index is 6.15. The minimum Gasteiger partial charge on any atom is -0.380 e. The number of aromatic nitrogens is 2. The first-order valence-corrected chi connectivity index (χ1v) is 7.64. The van der Waals surface area contributed by atoms with E-state index in [4.69, 9.17) is 21.1 Å². The third-order valence-electron chi connectivity index (χ3n) is 3.49. The Labute approximate surface area is 130 Å². The van der Waals surface area contributed by atoms with Gasteiger partial charge in [-0.05, 0) is 19.9 Å². The fourth-order valence-corrected chi connectivity index (χ4v) is 2.55. The summed E-state index contributed by atoms with van der Waals surface area (Å²) in [4.78, 5) is 11.1. The van der Waals surface area contributed by atoms with Gasteiger partial charge in [0.1, 0.15) is 5.15 Å². The molecule has 2 rings (SSSR count). The van der Waals surface area contributed by atoms with Crippen molar-refractivity contribution in [3.63, 3.8) is 0 Å². The van der Waals surface area contributed by atoms with Gasteiger partial charge in [-0.15, -0.1) is 0 Å². The second kappa shape index (κ2) is 8.48. The molecule has 1 saturated heterocycles. The molecule has 0 unspecified atom stereocenters. The number of nitrogens with zero attached hydrogens (tertiary/aromatic N) is 3. The topological polar surface area (TPSA) is 59.5 Å². The van der Waals surface area contributed by atoms with E-state index < -0.39 is 0 Å². The van der Waals surface area contributed by atoms with E-state index in [1.807, 2.05) is 6.92 Å². The van der Waals surface area contributed by atoms with Crippen molar-refractivity contribution in [2.75, 3.05) is 51.8 Å². The van der Waals surface area contributed by atoms with Gasteiger partial charge in [-0.3, -0.25) is 4.90 Å². The standard InChI is InChI=1S/C14H23ClN4O2/c1-11-12(10-20-2)13(15)18-14(17-11)16-4-3-5-19-6-8-21-9-7-19/h3-10H2,1-2H3,(H,16,17,18). The first-order valence-electron chi connectivity index (χ1n) is 7.26. The Kier molecular flexibility index (Phi) is 6.63. The van der Waals surface area contributed by atoms with Crippen molar-refractivity contribution in [2.45, 2.75) is 20.0 Å². The fraction of sp³-hybridized carbons (Fsp3) is 0.714. The molecule has 0 spiro atoms. The highest BCUT2D eigenvalue weighted by atomic mass is 35.5. The van der Waals surface area contributed by atoms with E-state index in [9.17, 15) is 0 Å². The number of nitrogens with one attached hydrogen (secondary N) is 1. The Morgan fingerprint density at radius 3 is 2.76 bits per heavy atom. The minimum absolute atomic E-state index is 0.433. The molecule has 0 bridgehead atoms. The van der Waals surface area contributed by atoms with Gasteiger partial charge < -0.3 is 14.8 Å². The molecule has 1 aliphatic rings. The molecule has 1 aliphatic heterocycles. The van der Waals surface area contributed by atoms with Crippen LogP contribution in [0.5, 0.6) is 0 Å². The highest BCUT2D eigenvalue weighted by Gasteiger charge is 2.11.